The van der Waals surface area contributed by atoms with E-state index in [1.165, 1.54) is 4.57 Å². The summed E-state index contributed by atoms with van der Waals surface area (Å²) < 4.78 is 1.89. The third-order valence-corrected chi connectivity index (χ3v) is 2.49. The molecule has 0 aliphatic heterocycles. The molecular weight excluding hydrogens is 222 g/mol. The number of carbonyl (C=O) groups is 1. The van der Waals surface area contributed by atoms with Crippen LogP contribution < -0.4 is 5.32 Å². The Bertz CT molecular complexity index is 582. The van der Waals surface area contributed by atoms with Crippen molar-refractivity contribution < 1.29 is 4.79 Å². The number of amides is 1. The molecule has 0 radical (unpaired) electrons. The molecule has 1 heterocycles. The molecule has 2 rings (SSSR count). The Labute approximate surface area is 98.3 Å². The largest absolute Gasteiger partial charge is 0.335 e. The SMILES string of the molecule is CC(C)NC(=O)n1c(=S)[nH]c2ccccc21. The molecule has 0 saturated carbocycles. The average Bonchev–Trinajstić information content (AvgIpc) is 2.52. The van der Waals surface area contributed by atoms with Crippen LogP contribution in [0.5, 0.6) is 0 Å². The molecular formula is C11H13N3OS. The standard InChI is InChI=1S/C11H13N3OS/c1-7(2)12-10(15)14-9-6-4-3-5-8(9)13-11(14)16/h3-7H,1-2H3,(H,12,15)(H,13,16). The van der Waals surface area contributed by atoms with Crippen LogP contribution in [0, 0.1) is 4.77 Å². The zero-order chi connectivity index (χ0) is 11.7. The lowest BCUT2D eigenvalue weighted by Gasteiger charge is -2.08. The molecule has 2 aromatic rings. The van der Waals surface area contributed by atoms with E-state index in [-0.39, 0.29) is 12.1 Å². The molecule has 0 aliphatic carbocycles. The monoisotopic (exact) mass is 235 g/mol. The summed E-state index contributed by atoms with van der Waals surface area (Å²) in [5.41, 5.74) is 1.66. The highest BCUT2D eigenvalue weighted by molar-refractivity contribution is 7.71. The first-order valence-corrected chi connectivity index (χ1v) is 5.51. The number of hydrogen-bond acceptors (Lipinski definition) is 2. The number of aromatic nitrogens is 2. The minimum Gasteiger partial charge on any atom is -0.335 e. The smallest absolute Gasteiger partial charge is 0.328 e. The number of rotatable bonds is 1. The van der Waals surface area contributed by atoms with Gasteiger partial charge < -0.3 is 10.3 Å². The van der Waals surface area contributed by atoms with E-state index in [2.05, 4.69) is 10.3 Å². The van der Waals surface area contributed by atoms with Crippen molar-refractivity contribution in [2.45, 2.75) is 19.9 Å². The number of para-hydroxylation sites is 2. The van der Waals surface area contributed by atoms with Crippen molar-refractivity contribution in [3.05, 3.63) is 29.0 Å². The number of imidazole rings is 1. The number of nitrogens with zero attached hydrogens (tertiary/aromatic N) is 1. The Balaban J connectivity index is 2.55. The number of aromatic amines is 1. The molecule has 0 fully saturated rings. The fourth-order valence-corrected chi connectivity index (χ4v) is 1.86. The van der Waals surface area contributed by atoms with Gasteiger partial charge in [-0.25, -0.2) is 9.36 Å². The lowest BCUT2D eigenvalue weighted by molar-refractivity contribution is 0.240. The van der Waals surface area contributed by atoms with Crippen LogP contribution in [-0.4, -0.2) is 21.6 Å². The van der Waals surface area contributed by atoms with Gasteiger partial charge in [0.1, 0.15) is 0 Å². The molecule has 16 heavy (non-hydrogen) atoms. The van der Waals surface area contributed by atoms with Gasteiger partial charge in [-0.2, -0.15) is 0 Å². The topological polar surface area (TPSA) is 49.8 Å². The Morgan fingerprint density at radius 2 is 2.12 bits per heavy atom. The number of H-pyrrole nitrogens is 1. The van der Waals surface area contributed by atoms with Crippen molar-refractivity contribution in [2.24, 2.45) is 0 Å². The maximum absolute atomic E-state index is 11.9. The summed E-state index contributed by atoms with van der Waals surface area (Å²) in [6.45, 7) is 3.83. The summed E-state index contributed by atoms with van der Waals surface area (Å²) in [7, 11) is 0. The third-order valence-electron chi connectivity index (χ3n) is 2.20. The van der Waals surface area contributed by atoms with E-state index in [9.17, 15) is 4.79 Å². The molecule has 1 amide bonds. The molecule has 1 aromatic heterocycles. The number of fused-ring (bicyclic) bond motifs is 1. The van der Waals surface area contributed by atoms with Crippen LogP contribution in [0.1, 0.15) is 13.8 Å². The van der Waals surface area contributed by atoms with Crippen LogP contribution in [0.3, 0.4) is 0 Å². The molecule has 0 saturated heterocycles. The summed E-state index contributed by atoms with van der Waals surface area (Å²) in [6.07, 6.45) is 0. The van der Waals surface area contributed by atoms with Crippen LogP contribution in [0.25, 0.3) is 11.0 Å². The van der Waals surface area contributed by atoms with Crippen molar-refractivity contribution >= 4 is 29.3 Å². The third kappa shape index (κ3) is 1.86. The molecule has 0 atom stereocenters. The number of carbonyl (C=O) groups excluding carboxylic acids is 1. The summed E-state index contributed by atoms with van der Waals surface area (Å²) in [6, 6.07) is 7.43. The quantitative estimate of drug-likeness (QED) is 0.747. The van der Waals surface area contributed by atoms with E-state index in [4.69, 9.17) is 12.2 Å². The van der Waals surface area contributed by atoms with Crippen LogP contribution in [0.4, 0.5) is 4.79 Å². The van der Waals surface area contributed by atoms with E-state index < -0.39 is 0 Å². The van der Waals surface area contributed by atoms with Gasteiger partial charge in [-0.05, 0) is 38.2 Å². The van der Waals surface area contributed by atoms with Gasteiger partial charge in [-0.3, -0.25) is 0 Å². The van der Waals surface area contributed by atoms with Crippen molar-refractivity contribution in [3.63, 3.8) is 0 Å². The first-order chi connectivity index (χ1) is 7.59. The van der Waals surface area contributed by atoms with Gasteiger partial charge in [-0.1, -0.05) is 12.1 Å². The Hall–Kier alpha value is -1.62. The maximum atomic E-state index is 11.9. The molecule has 1 aromatic carbocycles. The van der Waals surface area contributed by atoms with Crippen molar-refractivity contribution in [2.75, 3.05) is 0 Å². The normalized spacial score (nSPS) is 10.9. The minimum atomic E-state index is -0.197. The molecule has 2 N–H and O–H groups in total. The van der Waals surface area contributed by atoms with E-state index in [1.807, 2.05) is 38.1 Å². The van der Waals surface area contributed by atoms with E-state index in [1.54, 1.807) is 0 Å². The molecule has 0 bridgehead atoms. The highest BCUT2D eigenvalue weighted by Gasteiger charge is 2.11. The van der Waals surface area contributed by atoms with Crippen molar-refractivity contribution in [3.8, 4) is 0 Å². The molecule has 5 heteroatoms. The van der Waals surface area contributed by atoms with E-state index >= 15 is 0 Å². The predicted octanol–water partition coefficient (Wildman–Crippen LogP) is 2.66. The van der Waals surface area contributed by atoms with Crippen LogP contribution >= 0.6 is 12.2 Å². The fourth-order valence-electron chi connectivity index (χ4n) is 1.57. The fraction of sp³-hybridized carbons (Fsp3) is 0.273. The second kappa shape index (κ2) is 4.09. The van der Waals surface area contributed by atoms with Crippen LogP contribution in [0.15, 0.2) is 24.3 Å². The predicted molar refractivity (Wildman–Crippen MR) is 66.2 cm³/mol. The summed E-state index contributed by atoms with van der Waals surface area (Å²) >= 11 is 5.13. The minimum absolute atomic E-state index is 0.0862. The molecule has 0 aliphatic rings. The van der Waals surface area contributed by atoms with Crippen molar-refractivity contribution in [1.82, 2.24) is 14.9 Å². The van der Waals surface area contributed by atoms with Gasteiger partial charge >= 0.3 is 6.03 Å². The highest BCUT2D eigenvalue weighted by atomic mass is 32.1. The van der Waals surface area contributed by atoms with Gasteiger partial charge in [-0.15, -0.1) is 0 Å². The summed E-state index contributed by atoms with van der Waals surface area (Å²) in [5, 5.41) is 2.82. The second-order valence-corrected chi connectivity index (χ2v) is 4.27. The Kier molecular flexibility index (Phi) is 2.78. The van der Waals surface area contributed by atoms with Gasteiger partial charge in [0.25, 0.3) is 0 Å². The Morgan fingerprint density at radius 3 is 2.81 bits per heavy atom. The maximum Gasteiger partial charge on any atom is 0.328 e. The average molecular weight is 235 g/mol. The number of benzene rings is 1. The molecule has 84 valence electrons. The van der Waals surface area contributed by atoms with Crippen LogP contribution in [0.2, 0.25) is 0 Å². The Morgan fingerprint density at radius 1 is 1.44 bits per heavy atom. The first kappa shape index (κ1) is 10.9. The molecule has 4 nitrogen and oxygen atoms in total. The first-order valence-electron chi connectivity index (χ1n) is 5.10. The summed E-state index contributed by atoms with van der Waals surface area (Å²) in [4.78, 5) is 14.9. The van der Waals surface area contributed by atoms with Crippen molar-refractivity contribution in [1.29, 1.82) is 0 Å². The van der Waals surface area contributed by atoms with Crippen LogP contribution in [-0.2, 0) is 0 Å². The highest BCUT2D eigenvalue weighted by Crippen LogP contribution is 2.12. The second-order valence-electron chi connectivity index (χ2n) is 3.89. The number of hydrogen-bond donors (Lipinski definition) is 2. The number of nitrogens with one attached hydrogen (secondary N) is 2. The zero-order valence-corrected chi connectivity index (χ0v) is 9.97. The van der Waals surface area contributed by atoms with Gasteiger partial charge in [0, 0.05) is 6.04 Å². The summed E-state index contributed by atoms with van der Waals surface area (Å²) in [5.74, 6) is 0. The zero-order valence-electron chi connectivity index (χ0n) is 9.15. The van der Waals surface area contributed by atoms with E-state index in [0.29, 0.717) is 4.77 Å². The van der Waals surface area contributed by atoms with E-state index in [0.717, 1.165) is 11.0 Å². The van der Waals surface area contributed by atoms with Gasteiger partial charge in [0.15, 0.2) is 4.77 Å². The lowest BCUT2D eigenvalue weighted by atomic mass is 10.3. The van der Waals surface area contributed by atoms with Gasteiger partial charge in [0.05, 0.1) is 11.0 Å². The molecule has 0 unspecified atom stereocenters. The lowest BCUT2D eigenvalue weighted by Crippen LogP contribution is -2.33. The molecule has 0 spiro atoms. The van der Waals surface area contributed by atoms with Gasteiger partial charge in [0.2, 0.25) is 0 Å².